The van der Waals surface area contributed by atoms with Crippen molar-refractivity contribution in [1.29, 1.82) is 0 Å². The van der Waals surface area contributed by atoms with E-state index in [0.717, 1.165) is 16.6 Å². The van der Waals surface area contributed by atoms with Crippen molar-refractivity contribution in [1.82, 2.24) is 9.29 Å². The Kier molecular flexibility index (Phi) is 6.28. The van der Waals surface area contributed by atoms with E-state index < -0.39 is 46.7 Å². The molecule has 1 N–H and O–H groups in total. The molecule has 10 nitrogen and oxygen atoms in total. The maximum atomic E-state index is 13.5. The Morgan fingerprint density at radius 3 is 2.40 bits per heavy atom. The van der Waals surface area contributed by atoms with Crippen LogP contribution in [-0.4, -0.2) is 59.4 Å². The van der Waals surface area contributed by atoms with Crippen LogP contribution in [0.25, 0.3) is 0 Å². The van der Waals surface area contributed by atoms with E-state index in [0.29, 0.717) is 0 Å². The molecule has 1 aliphatic carbocycles. The zero-order valence-electron chi connectivity index (χ0n) is 16.9. The maximum Gasteiger partial charge on any atom is 0.338 e. The van der Waals surface area contributed by atoms with Crippen molar-refractivity contribution >= 4 is 23.5 Å². The summed E-state index contributed by atoms with van der Waals surface area (Å²) in [6.45, 7) is 4.22. The molecule has 1 atom stereocenters. The Morgan fingerprint density at radius 2 is 1.93 bits per heavy atom. The van der Waals surface area contributed by atoms with E-state index in [4.69, 9.17) is 13.9 Å². The summed E-state index contributed by atoms with van der Waals surface area (Å²) in [5, 5.41) is 13.6. The van der Waals surface area contributed by atoms with Crippen LogP contribution in [0.4, 0.5) is 4.39 Å². The Labute approximate surface area is 174 Å². The Morgan fingerprint density at radius 1 is 1.30 bits per heavy atom. The van der Waals surface area contributed by atoms with Crippen molar-refractivity contribution in [2.24, 2.45) is 5.16 Å². The van der Waals surface area contributed by atoms with Crippen LogP contribution >= 0.6 is 7.60 Å². The van der Waals surface area contributed by atoms with E-state index in [9.17, 15) is 22.5 Å². The highest BCUT2D eigenvalue weighted by Crippen LogP contribution is 2.53. The molecule has 13 heteroatoms. The van der Waals surface area contributed by atoms with Crippen LogP contribution in [0.1, 0.15) is 39.3 Å². The van der Waals surface area contributed by atoms with Gasteiger partial charge in [-0.1, -0.05) is 5.16 Å². The molecule has 0 amide bonds. The number of hydrogen-bond donors (Lipinski definition) is 1. The summed E-state index contributed by atoms with van der Waals surface area (Å²) in [5.41, 5.74) is -1.70. The van der Waals surface area contributed by atoms with E-state index in [1.807, 2.05) is 0 Å². The molecule has 1 saturated carbocycles. The normalized spacial score (nSPS) is 23.2. The summed E-state index contributed by atoms with van der Waals surface area (Å²) in [5.74, 6) is -0.810. The van der Waals surface area contributed by atoms with E-state index in [1.54, 1.807) is 13.8 Å². The van der Waals surface area contributed by atoms with Gasteiger partial charge in [-0.05, 0) is 38.8 Å². The highest BCUT2D eigenvalue weighted by atomic mass is 32.2. The number of amidine groups is 1. The molecular weight excluding hydrogens is 440 g/mol. The molecule has 1 fully saturated rings. The monoisotopic (exact) mass is 465 g/mol. The summed E-state index contributed by atoms with van der Waals surface area (Å²) in [4.78, 5) is 9.44. The van der Waals surface area contributed by atoms with Gasteiger partial charge in [0.25, 0.3) is 5.72 Å². The molecule has 3 rings (SSSR count). The molecule has 1 unspecified atom stereocenters. The number of aromatic nitrogens is 1. The minimum atomic E-state index is -4.23. The van der Waals surface area contributed by atoms with Gasteiger partial charge in [0.2, 0.25) is 10.0 Å². The second kappa shape index (κ2) is 8.16. The first-order valence-electron chi connectivity index (χ1n) is 9.48. The third kappa shape index (κ3) is 3.87. The van der Waals surface area contributed by atoms with Gasteiger partial charge >= 0.3 is 7.60 Å². The van der Waals surface area contributed by atoms with Crippen LogP contribution in [-0.2, 0) is 34.2 Å². The first kappa shape index (κ1) is 23.1. The van der Waals surface area contributed by atoms with Gasteiger partial charge in [-0.15, -0.1) is 0 Å². The van der Waals surface area contributed by atoms with Crippen LogP contribution < -0.4 is 0 Å². The molecule has 0 radical (unpaired) electrons. The van der Waals surface area contributed by atoms with Gasteiger partial charge in [-0.25, -0.2) is 17.1 Å². The number of pyridine rings is 1. The molecule has 1 aromatic rings. The molecule has 0 aromatic carbocycles. The third-order valence-electron chi connectivity index (χ3n) is 5.02. The van der Waals surface area contributed by atoms with Crippen molar-refractivity contribution < 1.29 is 36.4 Å². The summed E-state index contributed by atoms with van der Waals surface area (Å²) in [7, 11) is -7.96. The average Bonchev–Trinajstić information content (AvgIpc) is 3.42. The summed E-state index contributed by atoms with van der Waals surface area (Å²) in [6.07, 6.45) is 0.956. The van der Waals surface area contributed by atoms with Gasteiger partial charge < -0.3 is 19.0 Å². The molecule has 0 saturated heterocycles. The largest absolute Gasteiger partial charge is 0.395 e. The quantitative estimate of drug-likeness (QED) is 0.521. The first-order chi connectivity index (χ1) is 14.1. The topological polar surface area (TPSA) is 128 Å². The molecule has 0 spiro atoms. The van der Waals surface area contributed by atoms with Crippen LogP contribution in [0.2, 0.25) is 0 Å². The molecule has 0 bridgehead atoms. The third-order valence-corrected chi connectivity index (χ3v) is 9.67. The van der Waals surface area contributed by atoms with Crippen molar-refractivity contribution in [3.05, 3.63) is 29.8 Å². The van der Waals surface area contributed by atoms with Crippen LogP contribution in [0.15, 0.2) is 23.5 Å². The number of nitrogens with zero attached hydrogens (tertiary/aromatic N) is 3. The predicted octanol–water partition coefficient (Wildman–Crippen LogP) is 2.16. The SMILES string of the molecule is CCOP(=O)(CC1=NOC(C)(c2ccc(F)cn2)N1S(=O)(=O)C1(CO)CC1)OCC. The molecule has 1 aromatic heterocycles. The lowest BCUT2D eigenvalue weighted by atomic mass is 10.1. The molecule has 30 heavy (non-hydrogen) atoms. The fourth-order valence-electron chi connectivity index (χ4n) is 3.25. The molecule has 2 heterocycles. The van der Waals surface area contributed by atoms with E-state index >= 15 is 0 Å². The smallest absolute Gasteiger partial charge is 0.338 e. The fraction of sp³-hybridized carbons (Fsp3) is 0.647. The molecule has 1 aliphatic heterocycles. The number of sulfonamides is 1. The van der Waals surface area contributed by atoms with Gasteiger partial charge in [0.15, 0.2) is 5.84 Å². The maximum absolute atomic E-state index is 13.5. The summed E-state index contributed by atoms with van der Waals surface area (Å²) in [6, 6.07) is 2.39. The van der Waals surface area contributed by atoms with Crippen molar-refractivity contribution in [3.63, 3.8) is 0 Å². The second-order valence-corrected chi connectivity index (χ2v) is 11.4. The summed E-state index contributed by atoms with van der Waals surface area (Å²) < 4.78 is 63.5. The minimum Gasteiger partial charge on any atom is -0.395 e. The van der Waals surface area contributed by atoms with E-state index in [1.165, 1.54) is 13.0 Å². The predicted molar refractivity (Wildman–Crippen MR) is 106 cm³/mol. The lowest BCUT2D eigenvalue weighted by molar-refractivity contribution is -0.0646. The number of rotatable bonds is 10. The zero-order valence-corrected chi connectivity index (χ0v) is 18.7. The van der Waals surface area contributed by atoms with Crippen LogP contribution in [0, 0.1) is 5.82 Å². The average molecular weight is 465 g/mol. The lowest BCUT2D eigenvalue weighted by Gasteiger charge is -2.35. The lowest BCUT2D eigenvalue weighted by Crippen LogP contribution is -2.53. The first-order valence-corrected chi connectivity index (χ1v) is 12.7. The van der Waals surface area contributed by atoms with Crippen molar-refractivity contribution in [3.8, 4) is 0 Å². The zero-order chi connectivity index (χ0) is 22.2. The fourth-order valence-corrected chi connectivity index (χ4v) is 7.06. The van der Waals surface area contributed by atoms with E-state index in [-0.39, 0.29) is 37.6 Å². The standard InChI is InChI=1S/C17H25FN3O7PS/c1-4-26-29(23,27-5-2)11-15-20-28-16(3,14-7-6-13(18)10-19-14)21(15)30(24,25)17(12-22)8-9-17/h6-7,10,22H,4-5,8-9,11-12H2,1-3H3. The Bertz CT molecular complexity index is 958. The van der Waals surface area contributed by atoms with Crippen LogP contribution in [0.3, 0.4) is 0 Å². The van der Waals surface area contributed by atoms with Gasteiger partial charge in [0.05, 0.1) is 26.0 Å². The highest BCUT2D eigenvalue weighted by Gasteiger charge is 2.64. The van der Waals surface area contributed by atoms with Crippen molar-refractivity contribution in [2.45, 2.75) is 44.1 Å². The number of hydrogen-bond acceptors (Lipinski definition) is 9. The minimum absolute atomic E-state index is 0.0719. The van der Waals surface area contributed by atoms with Gasteiger partial charge in [-0.3, -0.25) is 9.55 Å². The number of aliphatic hydroxyl groups excluding tert-OH is 1. The molecule has 168 valence electrons. The number of aliphatic hydroxyl groups is 1. The Balaban J connectivity index is 2.07. The van der Waals surface area contributed by atoms with E-state index in [2.05, 4.69) is 10.1 Å². The number of halogens is 1. The Hall–Kier alpha value is -1.59. The van der Waals surface area contributed by atoms with Gasteiger partial charge in [0.1, 0.15) is 22.4 Å². The van der Waals surface area contributed by atoms with Gasteiger partial charge in [0, 0.05) is 6.92 Å². The number of oxime groups is 1. The molecular formula is C17H25FN3O7PS. The van der Waals surface area contributed by atoms with Crippen molar-refractivity contribution in [2.75, 3.05) is 26.0 Å². The van der Waals surface area contributed by atoms with Gasteiger partial charge in [-0.2, -0.15) is 0 Å². The second-order valence-electron chi connectivity index (χ2n) is 7.16. The highest BCUT2D eigenvalue weighted by molar-refractivity contribution is 7.91. The molecule has 2 aliphatic rings. The van der Waals surface area contributed by atoms with Crippen LogP contribution in [0.5, 0.6) is 0 Å². The summed E-state index contributed by atoms with van der Waals surface area (Å²) >= 11 is 0.